The number of thiophene rings is 1. The highest BCUT2D eigenvalue weighted by Crippen LogP contribution is 2.40. The molecule has 7 heteroatoms. The molecule has 0 saturated carbocycles. The molecule has 4 N–H and O–H groups in total. The van der Waals surface area contributed by atoms with Crippen LogP contribution in [0.15, 0.2) is 54.6 Å². The number of nitrogen functional groups attached to an aromatic ring is 2. The van der Waals surface area contributed by atoms with Crippen LogP contribution in [-0.2, 0) is 0 Å². The molecule has 0 aliphatic heterocycles. The van der Waals surface area contributed by atoms with E-state index in [1.165, 1.54) is 0 Å². The Labute approximate surface area is 161 Å². The van der Waals surface area contributed by atoms with Crippen molar-refractivity contribution >= 4 is 43.7 Å². The van der Waals surface area contributed by atoms with Crippen molar-refractivity contribution in [2.45, 2.75) is 0 Å². The first-order valence-electron chi connectivity index (χ1n) is 8.36. The zero-order valence-electron chi connectivity index (χ0n) is 15.0. The van der Waals surface area contributed by atoms with Crippen LogP contribution >= 0.6 is 11.3 Å². The molecule has 6 nitrogen and oxygen atoms in total. The number of methoxy groups -OCH3 is 1. The summed E-state index contributed by atoms with van der Waals surface area (Å²) < 4.78 is 5.47. The third kappa shape index (κ3) is 3.13. The van der Waals surface area contributed by atoms with Gasteiger partial charge in [-0.15, -0.1) is 0 Å². The quantitative estimate of drug-likeness (QED) is 0.515. The number of nitrogens with zero attached hydrogens (tertiary/aromatic N) is 3. The summed E-state index contributed by atoms with van der Waals surface area (Å²) in [4.78, 5) is 12.1. The number of fused-ring (bicyclic) bond motifs is 1. The minimum Gasteiger partial charge on any atom is -0.495 e. The van der Waals surface area contributed by atoms with Crippen LogP contribution in [0, 0.1) is 0 Å². The number of hydrogen-bond donors (Lipinski definition) is 2. The second kappa shape index (κ2) is 6.77. The van der Waals surface area contributed by atoms with E-state index in [9.17, 15) is 0 Å². The van der Waals surface area contributed by atoms with Crippen molar-refractivity contribution in [3.05, 3.63) is 54.6 Å². The van der Waals surface area contributed by atoms with Gasteiger partial charge < -0.3 is 21.1 Å². The molecule has 0 unspecified atom stereocenters. The molecule has 0 radical (unpaired) electrons. The molecule has 2 aromatic carbocycles. The van der Waals surface area contributed by atoms with Crippen molar-refractivity contribution in [1.29, 1.82) is 0 Å². The van der Waals surface area contributed by atoms with Crippen molar-refractivity contribution in [1.82, 2.24) is 9.97 Å². The van der Waals surface area contributed by atoms with Gasteiger partial charge in [-0.3, -0.25) is 0 Å². The number of ether oxygens (including phenoxy) is 1. The second-order valence-corrected chi connectivity index (χ2v) is 7.10. The summed E-state index contributed by atoms with van der Waals surface area (Å²) in [5, 5.41) is 1.84. The van der Waals surface area contributed by atoms with Gasteiger partial charge in [0.05, 0.1) is 23.2 Å². The number of benzene rings is 2. The van der Waals surface area contributed by atoms with Crippen LogP contribution in [0.3, 0.4) is 0 Å². The van der Waals surface area contributed by atoms with Gasteiger partial charge in [-0.1, -0.05) is 35.6 Å². The standard InChI is InChI=1S/C20H19N5OS/c1-25(15-8-3-4-9-16(15)26-2)17-11-14-18(22)23-19(24-20(14)27-17)12-6-5-7-13(21)10-12/h3-11H,21H2,1-2H3,(H2,22,23,24). The van der Waals surface area contributed by atoms with Gasteiger partial charge in [0.1, 0.15) is 16.4 Å². The highest BCUT2D eigenvalue weighted by Gasteiger charge is 2.16. The van der Waals surface area contributed by atoms with Crippen molar-refractivity contribution in [2.75, 3.05) is 30.5 Å². The number of aromatic nitrogens is 2. The fraction of sp³-hybridized carbons (Fsp3) is 0.100. The molecule has 0 bridgehead atoms. The van der Waals surface area contributed by atoms with Gasteiger partial charge in [0.2, 0.25) is 0 Å². The van der Waals surface area contributed by atoms with E-state index in [0.29, 0.717) is 17.3 Å². The van der Waals surface area contributed by atoms with Crippen molar-refractivity contribution in [2.24, 2.45) is 0 Å². The third-order valence-corrected chi connectivity index (χ3v) is 5.44. The molecule has 0 aliphatic carbocycles. The first-order chi connectivity index (χ1) is 13.1. The Morgan fingerprint density at radius 2 is 1.81 bits per heavy atom. The molecule has 0 atom stereocenters. The largest absolute Gasteiger partial charge is 0.495 e. The Kier molecular flexibility index (Phi) is 4.29. The molecular weight excluding hydrogens is 358 g/mol. The Morgan fingerprint density at radius 3 is 2.59 bits per heavy atom. The Bertz CT molecular complexity index is 1120. The fourth-order valence-corrected chi connectivity index (χ4v) is 3.94. The topological polar surface area (TPSA) is 90.3 Å². The normalized spacial score (nSPS) is 10.9. The van der Waals surface area contributed by atoms with Gasteiger partial charge in [-0.2, -0.15) is 0 Å². The van der Waals surface area contributed by atoms with Crippen molar-refractivity contribution in [3.63, 3.8) is 0 Å². The van der Waals surface area contributed by atoms with Crippen LogP contribution in [0.1, 0.15) is 0 Å². The van der Waals surface area contributed by atoms with E-state index in [1.54, 1.807) is 18.4 Å². The van der Waals surface area contributed by atoms with Crippen LogP contribution < -0.4 is 21.1 Å². The monoisotopic (exact) mass is 377 g/mol. The van der Waals surface area contributed by atoms with Crippen LogP contribution in [0.25, 0.3) is 21.6 Å². The SMILES string of the molecule is COc1ccccc1N(C)c1cc2c(N)nc(-c3cccc(N)c3)nc2s1. The highest BCUT2D eigenvalue weighted by atomic mass is 32.1. The molecule has 2 aromatic heterocycles. The molecule has 2 heterocycles. The average Bonchev–Trinajstić information content (AvgIpc) is 3.12. The smallest absolute Gasteiger partial charge is 0.163 e. The molecule has 0 amide bonds. The Morgan fingerprint density at radius 1 is 1.00 bits per heavy atom. The summed E-state index contributed by atoms with van der Waals surface area (Å²) in [6, 6.07) is 17.4. The maximum Gasteiger partial charge on any atom is 0.163 e. The summed E-state index contributed by atoms with van der Waals surface area (Å²) in [6.45, 7) is 0. The van der Waals surface area contributed by atoms with E-state index in [1.807, 2.05) is 61.6 Å². The van der Waals surface area contributed by atoms with Crippen molar-refractivity contribution < 1.29 is 4.74 Å². The van der Waals surface area contributed by atoms with E-state index < -0.39 is 0 Å². The van der Waals surface area contributed by atoms with Crippen LogP contribution in [0.4, 0.5) is 22.2 Å². The number of nitrogens with two attached hydrogens (primary N) is 2. The average molecular weight is 377 g/mol. The van der Waals surface area contributed by atoms with E-state index in [2.05, 4.69) is 9.88 Å². The lowest BCUT2D eigenvalue weighted by atomic mass is 10.2. The summed E-state index contributed by atoms with van der Waals surface area (Å²) in [5.41, 5.74) is 14.6. The summed E-state index contributed by atoms with van der Waals surface area (Å²) in [7, 11) is 3.66. The fourth-order valence-electron chi connectivity index (χ4n) is 2.93. The Balaban J connectivity index is 1.79. The molecule has 136 valence electrons. The number of anilines is 4. The van der Waals surface area contributed by atoms with Gasteiger partial charge in [0.15, 0.2) is 5.82 Å². The predicted molar refractivity (Wildman–Crippen MR) is 113 cm³/mol. The molecule has 4 aromatic rings. The van der Waals surface area contributed by atoms with Gasteiger partial charge >= 0.3 is 0 Å². The number of rotatable bonds is 4. The lowest BCUT2D eigenvalue weighted by Crippen LogP contribution is -2.08. The second-order valence-electron chi connectivity index (χ2n) is 6.09. The molecule has 27 heavy (non-hydrogen) atoms. The molecule has 0 fully saturated rings. The van der Waals surface area contributed by atoms with Gasteiger partial charge in [-0.05, 0) is 30.3 Å². The van der Waals surface area contributed by atoms with Gasteiger partial charge in [0.25, 0.3) is 0 Å². The van der Waals surface area contributed by atoms with Gasteiger partial charge in [0, 0.05) is 18.3 Å². The maximum atomic E-state index is 6.22. The van der Waals surface area contributed by atoms with E-state index in [4.69, 9.17) is 21.2 Å². The zero-order valence-corrected chi connectivity index (χ0v) is 15.8. The van der Waals surface area contributed by atoms with E-state index in [-0.39, 0.29) is 0 Å². The van der Waals surface area contributed by atoms with E-state index in [0.717, 1.165) is 32.2 Å². The lowest BCUT2D eigenvalue weighted by Gasteiger charge is -2.19. The van der Waals surface area contributed by atoms with Gasteiger partial charge in [-0.25, -0.2) is 9.97 Å². The van der Waals surface area contributed by atoms with Crippen LogP contribution in [0.5, 0.6) is 5.75 Å². The molecule has 4 rings (SSSR count). The first-order valence-corrected chi connectivity index (χ1v) is 9.18. The van der Waals surface area contributed by atoms with Crippen LogP contribution in [-0.4, -0.2) is 24.1 Å². The van der Waals surface area contributed by atoms with Crippen molar-refractivity contribution in [3.8, 4) is 17.1 Å². The summed E-state index contributed by atoms with van der Waals surface area (Å²) >= 11 is 1.55. The van der Waals surface area contributed by atoms with E-state index >= 15 is 0 Å². The minimum absolute atomic E-state index is 0.452. The number of para-hydroxylation sites is 2. The summed E-state index contributed by atoms with van der Waals surface area (Å²) in [5.74, 6) is 1.82. The summed E-state index contributed by atoms with van der Waals surface area (Å²) in [6.07, 6.45) is 0. The molecule has 0 saturated heterocycles. The zero-order chi connectivity index (χ0) is 19.0. The third-order valence-electron chi connectivity index (χ3n) is 4.33. The lowest BCUT2D eigenvalue weighted by molar-refractivity contribution is 0.415. The predicted octanol–water partition coefficient (Wildman–Crippen LogP) is 4.30. The van der Waals surface area contributed by atoms with Crippen LogP contribution in [0.2, 0.25) is 0 Å². The molecule has 0 aliphatic rings. The molecule has 0 spiro atoms. The minimum atomic E-state index is 0.452. The highest BCUT2D eigenvalue weighted by molar-refractivity contribution is 7.22. The number of hydrogen-bond acceptors (Lipinski definition) is 7. The maximum absolute atomic E-state index is 6.22. The Hall–Kier alpha value is -3.32. The molecular formula is C20H19N5OS. The first kappa shape index (κ1) is 17.1.